The Labute approximate surface area is 145 Å². The van der Waals surface area contributed by atoms with Gasteiger partial charge in [-0.2, -0.15) is 0 Å². The normalized spacial score (nSPS) is 12.1. The minimum Gasteiger partial charge on any atom is -0.366 e. The van der Waals surface area contributed by atoms with Crippen molar-refractivity contribution in [3.63, 3.8) is 0 Å². The summed E-state index contributed by atoms with van der Waals surface area (Å²) in [6, 6.07) is 11.5. The number of amides is 1. The molecule has 122 valence electrons. The lowest BCUT2D eigenvalue weighted by molar-refractivity contribution is 0.100. The summed E-state index contributed by atoms with van der Waals surface area (Å²) in [5.74, 6) is -0.689. The van der Waals surface area contributed by atoms with Crippen molar-refractivity contribution in [3.8, 4) is 0 Å². The van der Waals surface area contributed by atoms with Gasteiger partial charge >= 0.3 is 0 Å². The Morgan fingerprint density at radius 3 is 2.54 bits per heavy atom. The standard InChI is InChI=1S/C19H18ClN3O/c1-11-5-3-6-13(12(11)2)17(16-9-22-10-23-16)14-7-4-8-15(18(14)20)19(21)24/h3-10,17H,1-2H3,(H2,21,24)(H,22,23). The number of rotatable bonds is 4. The number of carbonyl (C=O) groups is 1. The molecule has 24 heavy (non-hydrogen) atoms. The summed E-state index contributed by atoms with van der Waals surface area (Å²) >= 11 is 6.52. The second-order valence-corrected chi connectivity index (χ2v) is 6.18. The van der Waals surface area contributed by atoms with Crippen LogP contribution < -0.4 is 5.73 Å². The molecule has 3 rings (SSSR count). The number of hydrogen-bond donors (Lipinski definition) is 2. The van der Waals surface area contributed by atoms with E-state index in [1.165, 1.54) is 11.1 Å². The number of imidazole rings is 1. The molecule has 1 aromatic heterocycles. The van der Waals surface area contributed by atoms with E-state index in [1.807, 2.05) is 12.1 Å². The number of aromatic amines is 1. The maximum Gasteiger partial charge on any atom is 0.250 e. The van der Waals surface area contributed by atoms with Crippen molar-refractivity contribution in [2.45, 2.75) is 19.8 Å². The zero-order chi connectivity index (χ0) is 17.3. The molecule has 3 aromatic rings. The minimum absolute atomic E-state index is 0.154. The van der Waals surface area contributed by atoms with E-state index in [0.717, 1.165) is 16.8 Å². The Bertz CT molecular complexity index is 888. The molecule has 4 nitrogen and oxygen atoms in total. The van der Waals surface area contributed by atoms with Crippen molar-refractivity contribution in [1.29, 1.82) is 0 Å². The van der Waals surface area contributed by atoms with Crippen LogP contribution in [0.1, 0.15) is 44.2 Å². The third kappa shape index (κ3) is 2.81. The fraction of sp³-hybridized carbons (Fsp3) is 0.158. The predicted octanol–water partition coefficient (Wildman–Crippen LogP) is 3.96. The molecule has 2 aromatic carbocycles. The van der Waals surface area contributed by atoms with Gasteiger partial charge in [0.1, 0.15) is 0 Å². The molecule has 0 saturated heterocycles. The quantitative estimate of drug-likeness (QED) is 0.755. The summed E-state index contributed by atoms with van der Waals surface area (Å²) in [5.41, 5.74) is 11.0. The number of hydrogen-bond acceptors (Lipinski definition) is 2. The summed E-state index contributed by atoms with van der Waals surface area (Å²) in [5, 5.41) is 0.380. The molecule has 1 unspecified atom stereocenters. The predicted molar refractivity (Wildman–Crippen MR) is 95.4 cm³/mol. The number of carbonyl (C=O) groups excluding carboxylic acids is 1. The molecule has 0 aliphatic rings. The molecule has 1 amide bonds. The van der Waals surface area contributed by atoms with E-state index in [4.69, 9.17) is 17.3 Å². The van der Waals surface area contributed by atoms with Gasteiger partial charge in [0, 0.05) is 11.9 Å². The lowest BCUT2D eigenvalue weighted by atomic mass is 9.84. The van der Waals surface area contributed by atoms with Crippen LogP contribution in [0.3, 0.4) is 0 Å². The number of nitrogens with one attached hydrogen (secondary N) is 1. The van der Waals surface area contributed by atoms with Crippen LogP contribution in [-0.4, -0.2) is 15.9 Å². The average Bonchev–Trinajstić information content (AvgIpc) is 3.07. The third-order valence-corrected chi connectivity index (χ3v) is 4.81. The summed E-state index contributed by atoms with van der Waals surface area (Å²) in [6.07, 6.45) is 3.42. The van der Waals surface area contributed by atoms with Crippen molar-refractivity contribution in [2.75, 3.05) is 0 Å². The number of primary amides is 1. The van der Waals surface area contributed by atoms with Crippen LogP contribution in [-0.2, 0) is 0 Å². The van der Waals surface area contributed by atoms with Crippen molar-refractivity contribution in [2.24, 2.45) is 5.73 Å². The fourth-order valence-electron chi connectivity index (χ4n) is 2.98. The summed E-state index contributed by atoms with van der Waals surface area (Å²) in [6.45, 7) is 4.16. The van der Waals surface area contributed by atoms with E-state index in [-0.39, 0.29) is 5.92 Å². The second-order valence-electron chi connectivity index (χ2n) is 5.80. The first-order valence-corrected chi connectivity index (χ1v) is 8.01. The second kappa shape index (κ2) is 6.49. The van der Waals surface area contributed by atoms with Crippen LogP contribution in [0.2, 0.25) is 5.02 Å². The maximum absolute atomic E-state index is 11.7. The van der Waals surface area contributed by atoms with Crippen LogP contribution >= 0.6 is 11.6 Å². The van der Waals surface area contributed by atoms with E-state index in [9.17, 15) is 4.79 Å². The highest BCUT2D eigenvalue weighted by molar-refractivity contribution is 6.34. The molecular formula is C19H18ClN3O. The SMILES string of the molecule is Cc1cccc(C(c2cnc[nH]2)c2cccc(C(N)=O)c2Cl)c1C. The summed E-state index contributed by atoms with van der Waals surface area (Å²) < 4.78 is 0. The zero-order valence-corrected chi connectivity index (χ0v) is 14.3. The van der Waals surface area contributed by atoms with Crippen LogP contribution in [0.4, 0.5) is 0 Å². The molecule has 0 fully saturated rings. The smallest absolute Gasteiger partial charge is 0.250 e. The Morgan fingerprint density at radius 2 is 1.88 bits per heavy atom. The van der Waals surface area contributed by atoms with Crippen molar-refractivity contribution in [1.82, 2.24) is 9.97 Å². The van der Waals surface area contributed by atoms with Crippen LogP contribution in [0.5, 0.6) is 0 Å². The first kappa shape index (κ1) is 16.3. The number of halogens is 1. The van der Waals surface area contributed by atoms with E-state index in [0.29, 0.717) is 10.6 Å². The van der Waals surface area contributed by atoms with Gasteiger partial charge in [0.15, 0.2) is 0 Å². The molecule has 0 radical (unpaired) electrons. The van der Waals surface area contributed by atoms with Crippen LogP contribution in [0, 0.1) is 13.8 Å². The molecule has 0 aliphatic carbocycles. The third-order valence-electron chi connectivity index (χ3n) is 4.39. The van der Waals surface area contributed by atoms with Gasteiger partial charge in [-0.1, -0.05) is 41.9 Å². The molecule has 1 atom stereocenters. The van der Waals surface area contributed by atoms with Crippen molar-refractivity contribution >= 4 is 17.5 Å². The van der Waals surface area contributed by atoms with E-state index < -0.39 is 5.91 Å². The van der Waals surface area contributed by atoms with Gasteiger partial charge in [0.2, 0.25) is 5.91 Å². The Hall–Kier alpha value is -2.59. The molecule has 0 bridgehead atoms. The largest absolute Gasteiger partial charge is 0.366 e. The van der Waals surface area contributed by atoms with Crippen LogP contribution in [0.15, 0.2) is 48.9 Å². The number of nitrogens with two attached hydrogens (primary N) is 1. The number of aromatic nitrogens is 2. The van der Waals surface area contributed by atoms with Crippen molar-refractivity contribution in [3.05, 3.63) is 87.5 Å². The lowest BCUT2D eigenvalue weighted by Crippen LogP contribution is -2.14. The maximum atomic E-state index is 11.7. The van der Waals surface area contributed by atoms with Crippen molar-refractivity contribution < 1.29 is 4.79 Å². The van der Waals surface area contributed by atoms with E-state index in [2.05, 4.69) is 35.9 Å². The van der Waals surface area contributed by atoms with Gasteiger partial charge < -0.3 is 10.7 Å². The molecule has 1 heterocycles. The highest BCUT2D eigenvalue weighted by atomic mass is 35.5. The molecule has 3 N–H and O–H groups in total. The Kier molecular flexibility index (Phi) is 4.40. The van der Waals surface area contributed by atoms with Gasteiger partial charge in [-0.15, -0.1) is 0 Å². The Morgan fingerprint density at radius 1 is 1.17 bits per heavy atom. The fourth-order valence-corrected chi connectivity index (χ4v) is 3.30. The molecule has 0 aliphatic heterocycles. The monoisotopic (exact) mass is 339 g/mol. The molecule has 5 heteroatoms. The van der Waals surface area contributed by atoms with Gasteiger partial charge in [-0.05, 0) is 42.2 Å². The van der Waals surface area contributed by atoms with Gasteiger partial charge in [-0.3, -0.25) is 4.79 Å². The highest BCUT2D eigenvalue weighted by Crippen LogP contribution is 2.38. The van der Waals surface area contributed by atoms with Crippen LogP contribution in [0.25, 0.3) is 0 Å². The molecular weight excluding hydrogens is 322 g/mol. The van der Waals surface area contributed by atoms with E-state index in [1.54, 1.807) is 24.7 Å². The highest BCUT2D eigenvalue weighted by Gasteiger charge is 2.24. The van der Waals surface area contributed by atoms with Gasteiger partial charge in [-0.25, -0.2) is 4.98 Å². The first-order valence-electron chi connectivity index (χ1n) is 7.63. The summed E-state index contributed by atoms with van der Waals surface area (Å²) in [7, 11) is 0. The van der Waals surface area contributed by atoms with E-state index >= 15 is 0 Å². The molecule has 0 spiro atoms. The average molecular weight is 340 g/mol. The lowest BCUT2D eigenvalue weighted by Gasteiger charge is -2.22. The first-order chi connectivity index (χ1) is 11.5. The number of benzene rings is 2. The van der Waals surface area contributed by atoms with Gasteiger partial charge in [0.25, 0.3) is 0 Å². The summed E-state index contributed by atoms with van der Waals surface area (Å²) in [4.78, 5) is 19.0. The number of nitrogens with zero attached hydrogens (tertiary/aromatic N) is 1. The topological polar surface area (TPSA) is 71.8 Å². The number of H-pyrrole nitrogens is 1. The molecule has 0 saturated carbocycles. The zero-order valence-electron chi connectivity index (χ0n) is 13.5. The number of aryl methyl sites for hydroxylation is 1. The Balaban J connectivity index is 2.27. The van der Waals surface area contributed by atoms with Gasteiger partial charge in [0.05, 0.1) is 22.8 Å². The minimum atomic E-state index is -0.536.